The van der Waals surface area contributed by atoms with E-state index in [0.717, 1.165) is 56.8 Å². The minimum atomic E-state index is 0.308. The predicted octanol–water partition coefficient (Wildman–Crippen LogP) is 14.8. The van der Waals surface area contributed by atoms with E-state index in [4.69, 9.17) is 9.97 Å². The highest BCUT2D eigenvalue weighted by Gasteiger charge is 2.29. The van der Waals surface area contributed by atoms with Gasteiger partial charge in [0.05, 0.1) is 22.2 Å². The van der Waals surface area contributed by atoms with E-state index in [1.807, 2.05) is 26.0 Å². The SMILES string of the molecule is C=C/C=C\c1ccc2c(c1C)c1cc(-c3cccc(-c4nc(-c5ccccc5)c5ccc6c(c5n4)-c4ccccc4C6C)c3)ccc1n2C1=CC=CCC=C1.CC. The maximum absolute atomic E-state index is 5.42. The fourth-order valence-electron chi connectivity index (χ4n) is 8.74. The van der Waals surface area contributed by atoms with Crippen LogP contribution in [0.1, 0.15) is 55.4 Å². The molecule has 0 fully saturated rings. The van der Waals surface area contributed by atoms with Gasteiger partial charge in [-0.25, -0.2) is 9.97 Å². The van der Waals surface area contributed by atoms with Crippen molar-refractivity contribution in [1.82, 2.24) is 14.5 Å². The average molecular weight is 736 g/mol. The first-order valence-electron chi connectivity index (χ1n) is 20.1. The van der Waals surface area contributed by atoms with Gasteiger partial charge in [0, 0.05) is 44.5 Å². The average Bonchev–Trinajstić information content (AvgIpc) is 3.60. The summed E-state index contributed by atoms with van der Waals surface area (Å²) in [6.07, 6.45) is 17.9. The first kappa shape index (κ1) is 35.8. The van der Waals surface area contributed by atoms with E-state index < -0.39 is 0 Å². The van der Waals surface area contributed by atoms with Crippen molar-refractivity contribution < 1.29 is 0 Å². The van der Waals surface area contributed by atoms with Gasteiger partial charge in [0.2, 0.25) is 0 Å². The predicted molar refractivity (Wildman–Crippen MR) is 244 cm³/mol. The van der Waals surface area contributed by atoms with Gasteiger partial charge < -0.3 is 4.57 Å². The lowest BCUT2D eigenvalue weighted by atomic mass is 9.96. The van der Waals surface area contributed by atoms with Gasteiger partial charge in [0.15, 0.2) is 5.82 Å². The van der Waals surface area contributed by atoms with Gasteiger partial charge in [-0.1, -0.05) is 161 Å². The van der Waals surface area contributed by atoms with Crippen molar-refractivity contribution in [3.05, 3.63) is 193 Å². The van der Waals surface area contributed by atoms with Crippen LogP contribution >= 0.6 is 0 Å². The normalized spacial score (nSPS) is 14.4. The Labute approximate surface area is 335 Å². The topological polar surface area (TPSA) is 30.7 Å². The highest BCUT2D eigenvalue weighted by molar-refractivity contribution is 6.14. The molecule has 0 saturated carbocycles. The van der Waals surface area contributed by atoms with Crippen LogP contribution in [-0.2, 0) is 0 Å². The van der Waals surface area contributed by atoms with E-state index in [9.17, 15) is 0 Å². The molecule has 2 heterocycles. The molecule has 0 N–H and O–H groups in total. The summed E-state index contributed by atoms with van der Waals surface area (Å²) >= 11 is 0. The van der Waals surface area contributed by atoms with Gasteiger partial charge in [-0.15, -0.1) is 0 Å². The van der Waals surface area contributed by atoms with E-state index >= 15 is 0 Å². The van der Waals surface area contributed by atoms with E-state index in [1.54, 1.807) is 0 Å². The lowest BCUT2D eigenvalue weighted by Gasteiger charge is -2.14. The summed E-state index contributed by atoms with van der Waals surface area (Å²) in [5, 5.41) is 3.56. The number of aryl methyl sites for hydroxylation is 1. The summed E-state index contributed by atoms with van der Waals surface area (Å²) in [5.74, 6) is 1.04. The first-order chi connectivity index (χ1) is 28.1. The van der Waals surface area contributed by atoms with Crippen LogP contribution in [0.3, 0.4) is 0 Å². The van der Waals surface area contributed by atoms with Crippen molar-refractivity contribution in [2.75, 3.05) is 0 Å². The van der Waals surface area contributed by atoms with E-state index in [2.05, 4.69) is 183 Å². The molecular weight excluding hydrogens is 691 g/mol. The highest BCUT2D eigenvalue weighted by atomic mass is 15.0. The molecule has 2 aromatic heterocycles. The molecule has 0 saturated heterocycles. The zero-order chi connectivity index (χ0) is 39.0. The number of nitrogens with zero attached hydrogens (tertiary/aromatic N) is 3. The zero-order valence-corrected chi connectivity index (χ0v) is 33.0. The highest BCUT2D eigenvalue weighted by Crippen LogP contribution is 2.48. The summed E-state index contributed by atoms with van der Waals surface area (Å²) in [4.78, 5) is 10.8. The monoisotopic (exact) mass is 735 g/mol. The van der Waals surface area contributed by atoms with Crippen LogP contribution in [-0.4, -0.2) is 14.5 Å². The second-order valence-electron chi connectivity index (χ2n) is 14.6. The van der Waals surface area contributed by atoms with Crippen LogP contribution in [0.2, 0.25) is 0 Å². The third-order valence-corrected chi connectivity index (χ3v) is 11.4. The summed E-state index contributed by atoms with van der Waals surface area (Å²) < 4.78 is 2.40. The summed E-state index contributed by atoms with van der Waals surface area (Å²) in [6.45, 7) is 12.4. The molecule has 0 spiro atoms. The minimum Gasteiger partial charge on any atom is -0.309 e. The Morgan fingerprint density at radius 1 is 0.702 bits per heavy atom. The van der Waals surface area contributed by atoms with Crippen molar-refractivity contribution >= 4 is 44.5 Å². The number of benzene rings is 6. The second-order valence-corrected chi connectivity index (χ2v) is 14.6. The molecule has 3 nitrogen and oxygen atoms in total. The number of allylic oxidation sites excluding steroid dienone is 8. The molecule has 0 bridgehead atoms. The fraction of sp³-hybridized carbons (Fsp3) is 0.111. The summed E-state index contributed by atoms with van der Waals surface area (Å²) in [5.41, 5.74) is 17.5. The maximum atomic E-state index is 5.42. The van der Waals surface area contributed by atoms with Crippen molar-refractivity contribution in [3.8, 4) is 44.9 Å². The molecule has 57 heavy (non-hydrogen) atoms. The van der Waals surface area contributed by atoms with E-state index in [0.29, 0.717) is 5.92 Å². The lowest BCUT2D eigenvalue weighted by Crippen LogP contribution is -1.98. The van der Waals surface area contributed by atoms with Crippen molar-refractivity contribution in [1.29, 1.82) is 0 Å². The van der Waals surface area contributed by atoms with Gasteiger partial charge in [0.1, 0.15) is 0 Å². The second kappa shape index (κ2) is 15.0. The van der Waals surface area contributed by atoms with Crippen LogP contribution < -0.4 is 0 Å². The lowest BCUT2D eigenvalue weighted by molar-refractivity contribution is 0.957. The number of aromatic nitrogens is 3. The largest absolute Gasteiger partial charge is 0.309 e. The van der Waals surface area contributed by atoms with Crippen molar-refractivity contribution in [2.45, 2.75) is 40.0 Å². The Kier molecular flexibility index (Phi) is 9.44. The molecule has 276 valence electrons. The Hall–Kier alpha value is -6.84. The molecule has 1 atom stereocenters. The maximum Gasteiger partial charge on any atom is 0.160 e. The molecule has 0 radical (unpaired) electrons. The van der Waals surface area contributed by atoms with Crippen LogP contribution in [0, 0.1) is 6.92 Å². The quantitative estimate of drug-likeness (QED) is 0.159. The van der Waals surface area contributed by atoms with Crippen LogP contribution in [0.5, 0.6) is 0 Å². The molecule has 2 aliphatic carbocycles. The minimum absolute atomic E-state index is 0.308. The number of hydrogen-bond donors (Lipinski definition) is 0. The summed E-state index contributed by atoms with van der Waals surface area (Å²) in [7, 11) is 0. The van der Waals surface area contributed by atoms with Crippen molar-refractivity contribution in [2.24, 2.45) is 0 Å². The molecule has 8 aromatic rings. The molecule has 10 rings (SSSR count). The molecule has 0 aliphatic heterocycles. The number of hydrogen-bond acceptors (Lipinski definition) is 2. The fourth-order valence-corrected chi connectivity index (χ4v) is 8.74. The third-order valence-electron chi connectivity index (χ3n) is 11.4. The van der Waals surface area contributed by atoms with Crippen molar-refractivity contribution in [3.63, 3.8) is 0 Å². The standard InChI is InChI=1S/C52H39N3.C2H6/c1-4-5-16-35-25-30-47-48(33(35)2)45-32-38(26-29-46(45)55(47)40-21-11-6-7-12-22-40)37-19-15-20-39(31-37)52-53-50(36-17-9-8-10-18-36)44-28-27-42-34(3)41-23-13-14-24-43(41)49(42)51(44)54-52;1-2/h4-6,8-32,34H,1,7H2,2-3H3;1-2H3/b16-5-;. The van der Waals surface area contributed by atoms with Gasteiger partial charge >= 0.3 is 0 Å². The van der Waals surface area contributed by atoms with Crippen LogP contribution in [0.15, 0.2) is 170 Å². The Balaban J connectivity index is 0.00000208. The molecule has 2 aliphatic rings. The number of rotatable bonds is 6. The molecule has 6 aromatic carbocycles. The molecule has 1 unspecified atom stereocenters. The van der Waals surface area contributed by atoms with Gasteiger partial charge in [-0.2, -0.15) is 0 Å². The molecule has 3 heteroatoms. The van der Waals surface area contributed by atoms with Gasteiger partial charge in [0.25, 0.3) is 0 Å². The third kappa shape index (κ3) is 6.07. The Bertz CT molecular complexity index is 2990. The van der Waals surface area contributed by atoms with E-state index in [-0.39, 0.29) is 0 Å². The Morgan fingerprint density at radius 3 is 2.33 bits per heavy atom. The smallest absolute Gasteiger partial charge is 0.160 e. The van der Waals surface area contributed by atoms with Crippen LogP contribution in [0.25, 0.3) is 89.4 Å². The zero-order valence-electron chi connectivity index (χ0n) is 33.0. The van der Waals surface area contributed by atoms with Crippen LogP contribution in [0.4, 0.5) is 0 Å². The first-order valence-corrected chi connectivity index (χ1v) is 20.1. The van der Waals surface area contributed by atoms with Gasteiger partial charge in [-0.3, -0.25) is 0 Å². The van der Waals surface area contributed by atoms with Gasteiger partial charge in [-0.05, 0) is 88.7 Å². The number of fused-ring (bicyclic) bond motifs is 8. The summed E-state index contributed by atoms with van der Waals surface area (Å²) in [6, 6.07) is 43.9. The van der Waals surface area contributed by atoms with E-state index in [1.165, 1.54) is 55.2 Å². The molecular formula is C54H45N3. The molecule has 0 amide bonds. The Morgan fingerprint density at radius 2 is 1.47 bits per heavy atom.